The van der Waals surface area contributed by atoms with Gasteiger partial charge in [0, 0.05) is 12.7 Å². The Morgan fingerprint density at radius 1 is 1.50 bits per heavy atom. The number of pyridine rings is 1. The molecule has 1 aliphatic heterocycles. The van der Waals surface area contributed by atoms with Crippen LogP contribution in [0.3, 0.4) is 0 Å². The lowest BCUT2D eigenvalue weighted by Gasteiger charge is -2.16. The number of nitrogens with one attached hydrogen (secondary N) is 1. The number of anilines is 1. The van der Waals surface area contributed by atoms with Crippen molar-refractivity contribution in [3.63, 3.8) is 0 Å². The minimum Gasteiger partial charge on any atom is -0.477 e. The van der Waals surface area contributed by atoms with Crippen molar-refractivity contribution >= 4 is 11.7 Å². The lowest BCUT2D eigenvalue weighted by atomic mass is 10.2. The molecule has 0 bridgehead atoms. The summed E-state index contributed by atoms with van der Waals surface area (Å²) in [5.74, 6) is 0.727. The molecule has 0 saturated carbocycles. The summed E-state index contributed by atoms with van der Waals surface area (Å²) in [6, 6.07) is 3.46. The molecule has 0 spiro atoms. The molecule has 1 unspecified atom stereocenters. The maximum Gasteiger partial charge on any atom is 0.261 e. The Kier molecular flexibility index (Phi) is 3.24. The fourth-order valence-corrected chi connectivity index (χ4v) is 1.68. The van der Waals surface area contributed by atoms with E-state index in [1.165, 1.54) is 0 Å². The molecule has 5 nitrogen and oxygen atoms in total. The highest BCUT2D eigenvalue weighted by Gasteiger charge is 2.22. The summed E-state index contributed by atoms with van der Waals surface area (Å²) >= 11 is 0. The standard InChI is InChI=1S/C11H15N3O2/c12-10-8(5-3-7-13-10)16-9-4-1-2-6-14-11(9)15/h3,5,7,9H,1-2,4,6H2,(H2,12,13)(H,14,15). The number of rotatable bonds is 2. The smallest absolute Gasteiger partial charge is 0.261 e. The number of aromatic nitrogens is 1. The molecule has 2 rings (SSSR count). The quantitative estimate of drug-likeness (QED) is 0.771. The van der Waals surface area contributed by atoms with Crippen LogP contribution < -0.4 is 15.8 Å². The average Bonchev–Trinajstić information content (AvgIpc) is 2.48. The number of carbonyl (C=O) groups excluding carboxylic acids is 1. The van der Waals surface area contributed by atoms with Crippen LogP contribution in [-0.4, -0.2) is 23.5 Å². The van der Waals surface area contributed by atoms with Crippen molar-refractivity contribution in [3.05, 3.63) is 18.3 Å². The van der Waals surface area contributed by atoms with Crippen LogP contribution in [0, 0.1) is 0 Å². The van der Waals surface area contributed by atoms with Crippen LogP contribution in [0.1, 0.15) is 19.3 Å². The molecular formula is C11H15N3O2. The third kappa shape index (κ3) is 2.42. The van der Waals surface area contributed by atoms with Gasteiger partial charge in [-0.3, -0.25) is 4.79 Å². The van der Waals surface area contributed by atoms with Crippen molar-refractivity contribution in [2.75, 3.05) is 12.3 Å². The summed E-state index contributed by atoms with van der Waals surface area (Å²) in [5, 5.41) is 2.81. The van der Waals surface area contributed by atoms with Crippen LogP contribution in [0.25, 0.3) is 0 Å². The molecule has 0 aliphatic carbocycles. The van der Waals surface area contributed by atoms with Gasteiger partial charge >= 0.3 is 0 Å². The van der Waals surface area contributed by atoms with E-state index in [1.54, 1.807) is 18.3 Å². The predicted octanol–water partition coefficient (Wildman–Crippen LogP) is 0.711. The van der Waals surface area contributed by atoms with Gasteiger partial charge in [-0.05, 0) is 31.4 Å². The van der Waals surface area contributed by atoms with Gasteiger partial charge in [0.1, 0.15) is 0 Å². The summed E-state index contributed by atoms with van der Waals surface area (Å²) in [4.78, 5) is 15.5. The maximum atomic E-state index is 11.6. The molecule has 1 atom stereocenters. The van der Waals surface area contributed by atoms with E-state index < -0.39 is 6.10 Å². The number of amides is 1. The third-order valence-electron chi connectivity index (χ3n) is 2.55. The Morgan fingerprint density at radius 2 is 2.38 bits per heavy atom. The fraction of sp³-hybridized carbons (Fsp3) is 0.455. The molecule has 0 radical (unpaired) electrons. The zero-order chi connectivity index (χ0) is 11.4. The molecule has 3 N–H and O–H groups in total. The summed E-state index contributed by atoms with van der Waals surface area (Å²) in [6.45, 7) is 0.723. The highest BCUT2D eigenvalue weighted by molar-refractivity contribution is 5.81. The second kappa shape index (κ2) is 4.83. The van der Waals surface area contributed by atoms with Crippen molar-refractivity contribution in [1.29, 1.82) is 0 Å². The Labute approximate surface area is 94.0 Å². The molecule has 86 valence electrons. The highest BCUT2D eigenvalue weighted by atomic mass is 16.5. The van der Waals surface area contributed by atoms with E-state index in [2.05, 4.69) is 10.3 Å². The number of ether oxygens (including phenoxy) is 1. The van der Waals surface area contributed by atoms with Crippen molar-refractivity contribution < 1.29 is 9.53 Å². The van der Waals surface area contributed by atoms with Crippen LogP contribution in [0.4, 0.5) is 5.82 Å². The second-order valence-electron chi connectivity index (χ2n) is 3.78. The molecule has 1 aliphatic rings. The molecule has 1 amide bonds. The number of nitrogens with two attached hydrogens (primary N) is 1. The van der Waals surface area contributed by atoms with Crippen molar-refractivity contribution in [2.45, 2.75) is 25.4 Å². The third-order valence-corrected chi connectivity index (χ3v) is 2.55. The molecule has 1 aromatic heterocycles. The number of hydrogen-bond acceptors (Lipinski definition) is 4. The van der Waals surface area contributed by atoms with Gasteiger partial charge in [0.2, 0.25) is 0 Å². The Bertz CT molecular complexity index is 381. The zero-order valence-corrected chi connectivity index (χ0v) is 8.98. The molecule has 1 aromatic rings. The minimum atomic E-state index is -0.450. The number of carbonyl (C=O) groups is 1. The van der Waals surface area contributed by atoms with E-state index in [1.807, 2.05) is 0 Å². The number of nitrogens with zero attached hydrogens (tertiary/aromatic N) is 1. The molecule has 1 saturated heterocycles. The van der Waals surface area contributed by atoms with Crippen molar-refractivity contribution in [2.24, 2.45) is 0 Å². The van der Waals surface area contributed by atoms with Gasteiger partial charge in [0.15, 0.2) is 17.7 Å². The van der Waals surface area contributed by atoms with Gasteiger partial charge < -0.3 is 15.8 Å². The topological polar surface area (TPSA) is 77.2 Å². The van der Waals surface area contributed by atoms with E-state index in [0.29, 0.717) is 11.6 Å². The summed E-state index contributed by atoms with van der Waals surface area (Å²) in [7, 11) is 0. The fourth-order valence-electron chi connectivity index (χ4n) is 1.68. The Morgan fingerprint density at radius 3 is 3.19 bits per heavy atom. The Balaban J connectivity index is 2.08. The molecule has 0 aromatic carbocycles. The van der Waals surface area contributed by atoms with Crippen LogP contribution in [0.15, 0.2) is 18.3 Å². The molecular weight excluding hydrogens is 206 g/mol. The number of hydrogen-bond donors (Lipinski definition) is 2. The lowest BCUT2D eigenvalue weighted by molar-refractivity contribution is -0.127. The molecule has 5 heteroatoms. The first kappa shape index (κ1) is 10.7. The largest absolute Gasteiger partial charge is 0.477 e. The van der Waals surface area contributed by atoms with Crippen molar-refractivity contribution in [1.82, 2.24) is 10.3 Å². The van der Waals surface area contributed by atoms with Crippen molar-refractivity contribution in [3.8, 4) is 5.75 Å². The van der Waals surface area contributed by atoms with E-state index in [4.69, 9.17) is 10.5 Å². The minimum absolute atomic E-state index is 0.0687. The molecule has 16 heavy (non-hydrogen) atoms. The summed E-state index contributed by atoms with van der Waals surface area (Å²) in [5.41, 5.74) is 5.65. The first-order chi connectivity index (χ1) is 7.77. The highest BCUT2D eigenvalue weighted by Crippen LogP contribution is 2.21. The first-order valence-corrected chi connectivity index (χ1v) is 5.42. The van der Waals surface area contributed by atoms with E-state index in [9.17, 15) is 4.79 Å². The summed E-state index contributed by atoms with van der Waals surface area (Å²) < 4.78 is 5.58. The van der Waals surface area contributed by atoms with Gasteiger partial charge in [0.25, 0.3) is 5.91 Å². The van der Waals surface area contributed by atoms with Crippen LogP contribution in [0.5, 0.6) is 5.75 Å². The van der Waals surface area contributed by atoms with E-state index >= 15 is 0 Å². The molecule has 2 heterocycles. The lowest BCUT2D eigenvalue weighted by Crippen LogP contribution is -2.36. The average molecular weight is 221 g/mol. The van der Waals surface area contributed by atoms with Gasteiger partial charge in [-0.25, -0.2) is 4.98 Å². The van der Waals surface area contributed by atoms with E-state index in [-0.39, 0.29) is 5.91 Å². The SMILES string of the molecule is Nc1ncccc1OC1CCCCNC1=O. The predicted molar refractivity (Wildman–Crippen MR) is 59.9 cm³/mol. The van der Waals surface area contributed by atoms with E-state index in [0.717, 1.165) is 25.8 Å². The zero-order valence-electron chi connectivity index (χ0n) is 8.98. The van der Waals surface area contributed by atoms with Crippen LogP contribution in [0.2, 0.25) is 0 Å². The van der Waals surface area contributed by atoms with Gasteiger partial charge in [-0.15, -0.1) is 0 Å². The first-order valence-electron chi connectivity index (χ1n) is 5.42. The van der Waals surface area contributed by atoms with Gasteiger partial charge in [-0.2, -0.15) is 0 Å². The maximum absolute atomic E-state index is 11.6. The normalized spacial score (nSPS) is 21.0. The van der Waals surface area contributed by atoms with Gasteiger partial charge in [0.05, 0.1) is 0 Å². The molecule has 1 fully saturated rings. The van der Waals surface area contributed by atoms with Crippen LogP contribution in [-0.2, 0) is 4.79 Å². The van der Waals surface area contributed by atoms with Gasteiger partial charge in [-0.1, -0.05) is 0 Å². The second-order valence-corrected chi connectivity index (χ2v) is 3.78. The number of nitrogen functional groups attached to an aromatic ring is 1. The van der Waals surface area contributed by atoms with Crippen LogP contribution >= 0.6 is 0 Å². The monoisotopic (exact) mass is 221 g/mol. The summed E-state index contributed by atoms with van der Waals surface area (Å²) in [6.07, 6.45) is 3.83. The Hall–Kier alpha value is -1.78.